The third kappa shape index (κ3) is 2.91. The molecule has 3 amide bonds. The third-order valence-electron chi connectivity index (χ3n) is 3.37. The summed E-state index contributed by atoms with van der Waals surface area (Å²) in [5.41, 5.74) is 1.01. The van der Waals surface area contributed by atoms with Crippen LogP contribution in [0.25, 0.3) is 0 Å². The molecule has 114 valence electrons. The Morgan fingerprint density at radius 1 is 1.32 bits per heavy atom. The lowest BCUT2D eigenvalue weighted by molar-refractivity contribution is -0.127. The Kier molecular flexibility index (Phi) is 4.01. The van der Waals surface area contributed by atoms with Crippen LogP contribution in [0.4, 0.5) is 9.93 Å². The molecule has 1 fully saturated rings. The number of nitrogens with one attached hydrogen (secondary N) is 2. The number of carbonyl (C=O) groups is 2. The predicted molar refractivity (Wildman–Crippen MR) is 82.5 cm³/mol. The molecule has 0 saturated carbocycles. The maximum Gasteiger partial charge on any atom is 0.325 e. The van der Waals surface area contributed by atoms with E-state index in [1.807, 2.05) is 30.3 Å². The van der Waals surface area contributed by atoms with Crippen LogP contribution in [-0.4, -0.2) is 39.3 Å². The van der Waals surface area contributed by atoms with Crippen LogP contribution in [0, 0.1) is 0 Å². The molecule has 0 aliphatic carbocycles. The van der Waals surface area contributed by atoms with Crippen molar-refractivity contribution in [3.05, 3.63) is 41.7 Å². The maximum atomic E-state index is 12.4. The van der Waals surface area contributed by atoms with E-state index >= 15 is 0 Å². The fraction of sp³-hybridized carbons (Fsp3) is 0.286. The standard InChI is InChI=1S/C14H15N5O2S/c1-15-13-17-11(18-22-13)8-19-12(20)10(16-14(19)21)7-9-5-3-2-4-6-9/h2-6,10H,7-8H2,1H3,(H,16,21)(H,15,17,18). The number of hydrogen-bond donors (Lipinski definition) is 2. The van der Waals surface area contributed by atoms with E-state index in [0.717, 1.165) is 10.5 Å². The molecule has 1 aromatic heterocycles. The second-order valence-corrected chi connectivity index (χ2v) is 5.63. The van der Waals surface area contributed by atoms with Gasteiger partial charge in [-0.25, -0.2) is 9.78 Å². The molecule has 1 aliphatic rings. The molecule has 2 heterocycles. The van der Waals surface area contributed by atoms with Gasteiger partial charge in [0.1, 0.15) is 6.04 Å². The average Bonchev–Trinajstić information content (AvgIpc) is 3.09. The first-order chi connectivity index (χ1) is 10.7. The Morgan fingerprint density at radius 3 is 2.77 bits per heavy atom. The lowest BCUT2D eigenvalue weighted by Gasteiger charge is -2.10. The van der Waals surface area contributed by atoms with Gasteiger partial charge in [-0.2, -0.15) is 4.37 Å². The lowest BCUT2D eigenvalue weighted by Crippen LogP contribution is -2.32. The van der Waals surface area contributed by atoms with Crippen LogP contribution in [-0.2, 0) is 17.8 Å². The van der Waals surface area contributed by atoms with Crippen LogP contribution in [0.1, 0.15) is 11.4 Å². The number of urea groups is 1. The molecule has 22 heavy (non-hydrogen) atoms. The van der Waals surface area contributed by atoms with E-state index in [-0.39, 0.29) is 12.5 Å². The largest absolute Gasteiger partial charge is 0.363 e. The number of anilines is 1. The number of nitrogens with zero attached hydrogens (tertiary/aromatic N) is 3. The van der Waals surface area contributed by atoms with Gasteiger partial charge < -0.3 is 10.6 Å². The van der Waals surface area contributed by atoms with Crippen molar-refractivity contribution in [1.29, 1.82) is 0 Å². The van der Waals surface area contributed by atoms with Crippen LogP contribution in [0.2, 0.25) is 0 Å². The zero-order valence-corrected chi connectivity index (χ0v) is 12.8. The number of benzene rings is 1. The van der Waals surface area contributed by atoms with Crippen molar-refractivity contribution in [2.24, 2.45) is 0 Å². The molecule has 1 unspecified atom stereocenters. The van der Waals surface area contributed by atoms with Gasteiger partial charge in [-0.3, -0.25) is 9.69 Å². The van der Waals surface area contributed by atoms with E-state index in [4.69, 9.17) is 0 Å². The number of amides is 3. The Bertz CT molecular complexity index is 688. The Hall–Kier alpha value is -2.48. The second-order valence-electron chi connectivity index (χ2n) is 4.88. The second kappa shape index (κ2) is 6.10. The van der Waals surface area contributed by atoms with Gasteiger partial charge in [-0.1, -0.05) is 30.3 Å². The van der Waals surface area contributed by atoms with Crippen molar-refractivity contribution < 1.29 is 9.59 Å². The number of carbonyl (C=O) groups excluding carboxylic acids is 2. The van der Waals surface area contributed by atoms with E-state index < -0.39 is 12.1 Å². The quantitative estimate of drug-likeness (QED) is 0.810. The maximum absolute atomic E-state index is 12.4. The van der Waals surface area contributed by atoms with Gasteiger partial charge in [0.25, 0.3) is 5.91 Å². The minimum absolute atomic E-state index is 0.0914. The van der Waals surface area contributed by atoms with Crippen LogP contribution in [0.15, 0.2) is 30.3 Å². The minimum atomic E-state index is -0.530. The average molecular weight is 317 g/mol. The molecule has 3 rings (SSSR count). The highest BCUT2D eigenvalue weighted by Crippen LogP contribution is 2.16. The fourth-order valence-electron chi connectivity index (χ4n) is 2.28. The van der Waals surface area contributed by atoms with Crippen LogP contribution in [0.3, 0.4) is 0 Å². The highest BCUT2D eigenvalue weighted by atomic mass is 32.1. The Balaban J connectivity index is 1.68. The summed E-state index contributed by atoms with van der Waals surface area (Å²) in [4.78, 5) is 29.7. The van der Waals surface area contributed by atoms with E-state index in [1.165, 1.54) is 11.5 Å². The van der Waals surface area contributed by atoms with Gasteiger partial charge in [0.05, 0.1) is 6.54 Å². The molecule has 1 aliphatic heterocycles. The number of aromatic nitrogens is 2. The molecule has 1 saturated heterocycles. The van der Waals surface area contributed by atoms with Crippen molar-refractivity contribution in [2.45, 2.75) is 19.0 Å². The Labute approximate surface area is 131 Å². The number of rotatable bonds is 5. The SMILES string of the molecule is CNc1nc(CN2C(=O)NC(Cc3ccccc3)C2=O)ns1. The van der Waals surface area contributed by atoms with E-state index in [2.05, 4.69) is 20.0 Å². The van der Waals surface area contributed by atoms with Crippen molar-refractivity contribution in [1.82, 2.24) is 19.6 Å². The van der Waals surface area contributed by atoms with Crippen LogP contribution in [0.5, 0.6) is 0 Å². The highest BCUT2D eigenvalue weighted by molar-refractivity contribution is 7.09. The molecule has 0 spiro atoms. The van der Waals surface area contributed by atoms with Gasteiger partial charge in [0.2, 0.25) is 5.13 Å². The monoisotopic (exact) mass is 317 g/mol. The van der Waals surface area contributed by atoms with Crippen molar-refractivity contribution in [2.75, 3.05) is 12.4 Å². The number of imide groups is 1. The van der Waals surface area contributed by atoms with Gasteiger partial charge >= 0.3 is 6.03 Å². The number of hydrogen-bond acceptors (Lipinski definition) is 6. The molecular weight excluding hydrogens is 302 g/mol. The Morgan fingerprint density at radius 2 is 2.09 bits per heavy atom. The van der Waals surface area contributed by atoms with E-state index in [0.29, 0.717) is 17.4 Å². The van der Waals surface area contributed by atoms with Crippen LogP contribution >= 0.6 is 11.5 Å². The van der Waals surface area contributed by atoms with E-state index in [1.54, 1.807) is 7.05 Å². The molecule has 8 heteroatoms. The van der Waals surface area contributed by atoms with Gasteiger partial charge in [0.15, 0.2) is 5.82 Å². The molecule has 1 atom stereocenters. The summed E-state index contributed by atoms with van der Waals surface area (Å²) in [6, 6.07) is 8.67. The first kappa shape index (κ1) is 14.5. The summed E-state index contributed by atoms with van der Waals surface area (Å²) in [7, 11) is 1.74. The summed E-state index contributed by atoms with van der Waals surface area (Å²) >= 11 is 1.20. The summed E-state index contributed by atoms with van der Waals surface area (Å²) in [5, 5.41) is 6.25. The normalized spacial score (nSPS) is 17.7. The van der Waals surface area contributed by atoms with Crippen molar-refractivity contribution in [3.8, 4) is 0 Å². The predicted octanol–water partition coefficient (Wildman–Crippen LogP) is 1.24. The summed E-state index contributed by atoms with van der Waals surface area (Å²) < 4.78 is 4.12. The van der Waals surface area contributed by atoms with Gasteiger partial charge in [-0.05, 0) is 5.56 Å². The van der Waals surface area contributed by atoms with E-state index in [9.17, 15) is 9.59 Å². The molecule has 2 N–H and O–H groups in total. The zero-order chi connectivity index (χ0) is 15.5. The topological polar surface area (TPSA) is 87.2 Å². The van der Waals surface area contributed by atoms with Crippen LogP contribution < -0.4 is 10.6 Å². The first-order valence-corrected chi connectivity index (χ1v) is 7.61. The lowest BCUT2D eigenvalue weighted by atomic mass is 10.1. The molecular formula is C14H15N5O2S. The first-order valence-electron chi connectivity index (χ1n) is 6.83. The fourth-order valence-corrected chi connectivity index (χ4v) is 2.80. The zero-order valence-electron chi connectivity index (χ0n) is 11.9. The van der Waals surface area contributed by atoms with Crippen molar-refractivity contribution >= 4 is 28.6 Å². The molecule has 0 radical (unpaired) electrons. The summed E-state index contributed by atoms with van der Waals surface area (Å²) in [6.07, 6.45) is 0.480. The molecule has 7 nitrogen and oxygen atoms in total. The van der Waals surface area contributed by atoms with Gasteiger partial charge in [0, 0.05) is 25.0 Å². The molecule has 1 aromatic carbocycles. The molecule has 2 aromatic rings. The summed E-state index contributed by atoms with van der Waals surface area (Å²) in [5.74, 6) is 0.216. The summed E-state index contributed by atoms with van der Waals surface area (Å²) in [6.45, 7) is 0.0914. The third-order valence-corrected chi connectivity index (χ3v) is 4.14. The van der Waals surface area contributed by atoms with Gasteiger partial charge in [-0.15, -0.1) is 0 Å². The highest BCUT2D eigenvalue weighted by Gasteiger charge is 2.38. The van der Waals surface area contributed by atoms with Crippen molar-refractivity contribution in [3.63, 3.8) is 0 Å². The molecule has 0 bridgehead atoms. The smallest absolute Gasteiger partial charge is 0.325 e. The minimum Gasteiger partial charge on any atom is -0.363 e.